The molecule has 1 aliphatic rings. The van der Waals surface area contributed by atoms with E-state index in [1.54, 1.807) is 0 Å². The van der Waals surface area contributed by atoms with Crippen LogP contribution in [0.1, 0.15) is 58.2 Å². The number of hydrogen-bond donors (Lipinski definition) is 0. The number of pyridine rings is 2. The average Bonchev–Trinajstić information content (AvgIpc) is 2.82. The summed E-state index contributed by atoms with van der Waals surface area (Å²) in [5, 5.41) is 6.22. The maximum Gasteiger partial charge on any atom is 0.228 e. The number of nitrogens with zero attached hydrogens (tertiary/aromatic N) is 2. The molecule has 5 aromatic rings. The first-order valence-electron chi connectivity index (χ1n) is 13.4. The van der Waals surface area contributed by atoms with Crippen LogP contribution in [-0.2, 0) is 19.9 Å². The Morgan fingerprint density at radius 2 is 1.57 bits per heavy atom. The molecule has 37 heavy (non-hydrogen) atoms. The summed E-state index contributed by atoms with van der Waals surface area (Å²) in [6.07, 6.45) is 6.04. The molecule has 2 aromatic heterocycles. The lowest BCUT2D eigenvalue weighted by Crippen LogP contribution is -2.32. The zero-order valence-corrected chi connectivity index (χ0v) is 23.4. The minimum atomic E-state index is 0.104. The first kappa shape index (κ1) is 23.9. The summed E-state index contributed by atoms with van der Waals surface area (Å²) in [5.74, 6) is 1.96. The standard InChI is InChI=1S/C34H37N2O/c1-20-28-31-29-23(14-16-36(31)8)22-12-9-11-21(18-33(2,3)4)25(22)17-27(29)37-32(28)26(19-34(5,6)7)24-13-10-15-35-30(20)24/h9-17H,18-19H2,1-8H3/q+1. The van der Waals surface area contributed by atoms with E-state index in [0.29, 0.717) is 0 Å². The van der Waals surface area contributed by atoms with Crippen LogP contribution in [0, 0.1) is 17.8 Å². The molecule has 3 heterocycles. The van der Waals surface area contributed by atoms with Gasteiger partial charge in [-0.15, -0.1) is 0 Å². The molecule has 3 nitrogen and oxygen atoms in total. The van der Waals surface area contributed by atoms with Crippen LogP contribution < -0.4 is 9.30 Å². The van der Waals surface area contributed by atoms with E-state index in [1.807, 2.05) is 12.3 Å². The minimum absolute atomic E-state index is 0.104. The molecule has 0 aliphatic carbocycles. The number of benzene rings is 3. The van der Waals surface area contributed by atoms with Gasteiger partial charge in [-0.25, -0.2) is 4.57 Å². The Morgan fingerprint density at radius 1 is 0.838 bits per heavy atom. The molecule has 0 unspecified atom stereocenters. The fraction of sp³-hybridized carbons (Fsp3) is 0.353. The van der Waals surface area contributed by atoms with Crippen LogP contribution in [-0.4, -0.2) is 4.98 Å². The zero-order valence-electron chi connectivity index (χ0n) is 23.4. The number of ether oxygens (including phenoxy) is 1. The number of hydrogen-bond acceptors (Lipinski definition) is 2. The fourth-order valence-corrected chi connectivity index (χ4v) is 6.17. The van der Waals surface area contributed by atoms with Crippen LogP contribution in [0.2, 0.25) is 0 Å². The minimum Gasteiger partial charge on any atom is -0.455 e. The molecule has 0 fully saturated rings. The maximum absolute atomic E-state index is 7.02. The van der Waals surface area contributed by atoms with Gasteiger partial charge in [0.15, 0.2) is 6.20 Å². The topological polar surface area (TPSA) is 26.0 Å². The molecule has 0 N–H and O–H groups in total. The van der Waals surface area contributed by atoms with Crippen molar-refractivity contribution in [1.82, 2.24) is 4.98 Å². The highest BCUT2D eigenvalue weighted by Crippen LogP contribution is 2.52. The molecule has 0 atom stereocenters. The second-order valence-electron chi connectivity index (χ2n) is 13.2. The Hall–Kier alpha value is -3.46. The Balaban J connectivity index is 1.76. The zero-order chi connectivity index (χ0) is 26.3. The Bertz CT molecular complexity index is 1730. The van der Waals surface area contributed by atoms with E-state index in [0.717, 1.165) is 29.9 Å². The van der Waals surface area contributed by atoms with Gasteiger partial charge in [0.1, 0.15) is 18.5 Å². The van der Waals surface area contributed by atoms with Gasteiger partial charge < -0.3 is 4.74 Å². The fourth-order valence-electron chi connectivity index (χ4n) is 6.17. The van der Waals surface area contributed by atoms with Crippen molar-refractivity contribution in [2.45, 2.75) is 61.3 Å². The predicted octanol–water partition coefficient (Wildman–Crippen LogP) is 8.62. The van der Waals surface area contributed by atoms with Crippen molar-refractivity contribution in [2.75, 3.05) is 0 Å². The molecule has 0 bridgehead atoms. The van der Waals surface area contributed by atoms with Gasteiger partial charge in [-0.3, -0.25) is 4.98 Å². The van der Waals surface area contributed by atoms with Crippen molar-refractivity contribution in [2.24, 2.45) is 17.9 Å². The largest absolute Gasteiger partial charge is 0.455 e. The predicted molar refractivity (Wildman–Crippen MR) is 154 cm³/mol. The lowest BCUT2D eigenvalue weighted by Gasteiger charge is -2.28. The molecule has 3 aromatic carbocycles. The SMILES string of the molecule is Cc1c2c(c(CC(C)(C)C)c3cccnc13)Oc1cc3c(CC(C)(C)C)cccc3c3cc[n+](C)c-2c13. The molecule has 3 heteroatoms. The van der Waals surface area contributed by atoms with Gasteiger partial charge in [-0.05, 0) is 64.6 Å². The van der Waals surface area contributed by atoms with Crippen molar-refractivity contribution in [1.29, 1.82) is 0 Å². The van der Waals surface area contributed by atoms with Gasteiger partial charge in [0.05, 0.1) is 16.5 Å². The molecule has 188 valence electrons. The van der Waals surface area contributed by atoms with Crippen LogP contribution in [0.5, 0.6) is 11.5 Å². The maximum atomic E-state index is 7.02. The molecule has 0 spiro atoms. The average molecular weight is 490 g/mol. The van der Waals surface area contributed by atoms with Crippen molar-refractivity contribution >= 4 is 32.4 Å². The van der Waals surface area contributed by atoms with Gasteiger partial charge in [0, 0.05) is 28.6 Å². The monoisotopic (exact) mass is 489 g/mol. The third kappa shape index (κ3) is 3.87. The highest BCUT2D eigenvalue weighted by Gasteiger charge is 2.34. The molecule has 6 rings (SSSR count). The lowest BCUT2D eigenvalue weighted by molar-refractivity contribution is -0.659. The third-order valence-corrected chi connectivity index (χ3v) is 7.57. The quantitative estimate of drug-likeness (QED) is 0.180. The number of fused-ring (bicyclic) bond motifs is 5. The highest BCUT2D eigenvalue weighted by molar-refractivity contribution is 6.16. The van der Waals surface area contributed by atoms with Crippen molar-refractivity contribution in [3.05, 3.63) is 71.5 Å². The highest BCUT2D eigenvalue weighted by atomic mass is 16.5. The van der Waals surface area contributed by atoms with Crippen LogP contribution in [0.25, 0.3) is 43.7 Å². The van der Waals surface area contributed by atoms with Gasteiger partial charge >= 0.3 is 0 Å². The molecular formula is C34H37N2O+. The van der Waals surface area contributed by atoms with E-state index in [1.165, 1.54) is 54.9 Å². The molecule has 0 saturated carbocycles. The van der Waals surface area contributed by atoms with Gasteiger partial charge in [0.25, 0.3) is 0 Å². The van der Waals surface area contributed by atoms with Crippen LogP contribution in [0.15, 0.2) is 54.9 Å². The summed E-state index contributed by atoms with van der Waals surface area (Å²) < 4.78 is 9.29. The van der Waals surface area contributed by atoms with E-state index in [9.17, 15) is 0 Å². The van der Waals surface area contributed by atoms with Crippen molar-refractivity contribution in [3.8, 4) is 22.8 Å². The summed E-state index contributed by atoms with van der Waals surface area (Å²) >= 11 is 0. The van der Waals surface area contributed by atoms with Crippen LogP contribution >= 0.6 is 0 Å². The van der Waals surface area contributed by atoms with Crippen LogP contribution in [0.4, 0.5) is 0 Å². The number of aromatic nitrogens is 2. The van der Waals surface area contributed by atoms with Crippen molar-refractivity contribution in [3.63, 3.8) is 0 Å². The number of rotatable bonds is 2. The summed E-state index contributed by atoms with van der Waals surface area (Å²) in [4.78, 5) is 4.86. The first-order valence-corrected chi connectivity index (χ1v) is 13.4. The van der Waals surface area contributed by atoms with Gasteiger partial charge in [-0.1, -0.05) is 65.8 Å². The summed E-state index contributed by atoms with van der Waals surface area (Å²) in [5.41, 5.74) is 7.57. The molecule has 0 radical (unpaired) electrons. The Labute approximate surface area is 220 Å². The smallest absolute Gasteiger partial charge is 0.228 e. The molecule has 0 saturated heterocycles. The summed E-state index contributed by atoms with van der Waals surface area (Å²) in [7, 11) is 2.15. The second-order valence-corrected chi connectivity index (χ2v) is 13.2. The van der Waals surface area contributed by atoms with Crippen molar-refractivity contribution < 1.29 is 9.30 Å². The normalized spacial score (nSPS) is 13.3. The van der Waals surface area contributed by atoms with E-state index in [-0.39, 0.29) is 10.8 Å². The van der Waals surface area contributed by atoms with E-state index in [4.69, 9.17) is 9.72 Å². The summed E-state index contributed by atoms with van der Waals surface area (Å²) in [6, 6.07) is 15.6. The van der Waals surface area contributed by atoms with E-state index >= 15 is 0 Å². The van der Waals surface area contributed by atoms with Crippen LogP contribution in [0.3, 0.4) is 0 Å². The van der Waals surface area contributed by atoms with E-state index in [2.05, 4.69) is 103 Å². The van der Waals surface area contributed by atoms with E-state index < -0.39 is 0 Å². The summed E-state index contributed by atoms with van der Waals surface area (Å²) in [6.45, 7) is 16.0. The molecular weight excluding hydrogens is 452 g/mol. The second kappa shape index (κ2) is 8.02. The Kier molecular flexibility index (Phi) is 5.18. The molecule has 1 aliphatic heterocycles. The van der Waals surface area contributed by atoms with Gasteiger partial charge in [-0.2, -0.15) is 0 Å². The third-order valence-electron chi connectivity index (χ3n) is 7.57. The molecule has 0 amide bonds. The van der Waals surface area contributed by atoms with Gasteiger partial charge in [0.2, 0.25) is 5.69 Å². The number of aryl methyl sites for hydroxylation is 2. The lowest BCUT2D eigenvalue weighted by atomic mass is 9.82. The first-order chi connectivity index (χ1) is 17.4. The Morgan fingerprint density at radius 3 is 2.30 bits per heavy atom.